The molecule has 134 valence electrons. The van der Waals surface area contributed by atoms with Crippen LogP contribution in [-0.4, -0.2) is 21.4 Å². The molecule has 2 aromatic carbocycles. The van der Waals surface area contributed by atoms with Gasteiger partial charge in [-0.2, -0.15) is 4.36 Å². The highest BCUT2D eigenvalue weighted by molar-refractivity contribution is 7.93. The topological polar surface area (TPSA) is 59.4 Å². The van der Waals surface area contributed by atoms with Crippen LogP contribution in [0.15, 0.2) is 82.3 Å². The number of pyridine rings is 1. The van der Waals surface area contributed by atoms with E-state index in [0.29, 0.717) is 10.5 Å². The Hall–Kier alpha value is -3.23. The Morgan fingerprint density at radius 1 is 0.963 bits per heavy atom. The summed E-state index contributed by atoms with van der Waals surface area (Å²) >= 11 is 0. The molecule has 0 N–H and O–H groups in total. The summed E-state index contributed by atoms with van der Waals surface area (Å²) in [7, 11) is -2.84. The average Bonchev–Trinajstić information content (AvgIpc) is 2.67. The Balaban J connectivity index is 1.90. The minimum atomic E-state index is -2.84. The van der Waals surface area contributed by atoms with Crippen molar-refractivity contribution in [2.24, 2.45) is 4.36 Å². The number of nitrogens with zero attached hydrogens (tertiary/aromatic N) is 2. The van der Waals surface area contributed by atoms with Gasteiger partial charge in [0.1, 0.15) is 0 Å². The van der Waals surface area contributed by atoms with Crippen molar-refractivity contribution in [1.82, 2.24) is 4.98 Å². The van der Waals surface area contributed by atoms with Gasteiger partial charge in [-0.25, -0.2) is 4.21 Å². The third-order valence-corrected chi connectivity index (χ3v) is 5.44. The first-order valence-corrected chi connectivity index (χ1v) is 10.2. The van der Waals surface area contributed by atoms with Gasteiger partial charge in [-0.3, -0.25) is 9.78 Å². The summed E-state index contributed by atoms with van der Waals surface area (Å²) in [4.78, 5) is 17.1. The molecule has 4 nitrogen and oxygen atoms in total. The molecule has 3 rings (SSSR count). The van der Waals surface area contributed by atoms with Crippen molar-refractivity contribution < 1.29 is 9.00 Å². The number of benzene rings is 2. The van der Waals surface area contributed by atoms with Gasteiger partial charge in [0.2, 0.25) is 0 Å². The number of rotatable bonds is 2. The third kappa shape index (κ3) is 4.90. The predicted molar refractivity (Wildman–Crippen MR) is 107 cm³/mol. The second-order valence-corrected chi connectivity index (χ2v) is 8.35. The summed E-state index contributed by atoms with van der Waals surface area (Å²) in [5, 5.41) is 0. The van der Waals surface area contributed by atoms with E-state index in [1.54, 1.807) is 30.5 Å². The molecule has 5 heteroatoms. The Morgan fingerprint density at radius 3 is 2.44 bits per heavy atom. The summed E-state index contributed by atoms with van der Waals surface area (Å²) in [6, 6.07) is 18.3. The molecule has 0 bridgehead atoms. The number of hydrogen-bond acceptors (Lipinski definition) is 3. The smallest absolute Gasteiger partial charge is 0.266 e. The average molecular weight is 374 g/mol. The van der Waals surface area contributed by atoms with Crippen LogP contribution in [0.3, 0.4) is 0 Å². The zero-order valence-electron chi connectivity index (χ0n) is 15.0. The first kappa shape index (κ1) is 18.6. The van der Waals surface area contributed by atoms with E-state index in [9.17, 15) is 9.00 Å². The van der Waals surface area contributed by atoms with Crippen molar-refractivity contribution in [3.63, 3.8) is 0 Å². The van der Waals surface area contributed by atoms with Crippen LogP contribution < -0.4 is 0 Å². The number of carbonyl (C=O) groups is 1. The molecule has 0 aliphatic heterocycles. The van der Waals surface area contributed by atoms with Crippen molar-refractivity contribution in [2.75, 3.05) is 6.26 Å². The maximum atomic E-state index is 12.9. The first-order valence-electron chi connectivity index (χ1n) is 8.29. The molecular formula is C22H18N2O2S. The van der Waals surface area contributed by atoms with Crippen LogP contribution in [0, 0.1) is 18.8 Å². The summed E-state index contributed by atoms with van der Waals surface area (Å²) < 4.78 is 16.8. The molecule has 3 aromatic rings. The van der Waals surface area contributed by atoms with Crippen LogP contribution in [0.5, 0.6) is 0 Å². The second kappa shape index (κ2) is 7.98. The van der Waals surface area contributed by atoms with E-state index in [-0.39, 0.29) is 5.56 Å². The summed E-state index contributed by atoms with van der Waals surface area (Å²) in [6.07, 6.45) is 4.45. The normalized spacial score (nSPS) is 12.4. The SMILES string of the molecule is Cc1cccc(S(C)(=O)=NC(=O)c2cncc(C#Cc3ccccc3)c2)c1. The molecule has 1 atom stereocenters. The van der Waals surface area contributed by atoms with Crippen molar-refractivity contribution in [3.8, 4) is 11.8 Å². The number of aryl methyl sites for hydroxylation is 1. The van der Waals surface area contributed by atoms with Gasteiger partial charge in [0, 0.05) is 34.7 Å². The molecule has 0 radical (unpaired) electrons. The zero-order chi connectivity index (χ0) is 19.3. The summed E-state index contributed by atoms with van der Waals surface area (Å²) in [5.74, 6) is 5.43. The Bertz CT molecular complexity index is 1170. The molecule has 0 aliphatic carbocycles. The minimum absolute atomic E-state index is 0.261. The Morgan fingerprint density at radius 2 is 1.70 bits per heavy atom. The van der Waals surface area contributed by atoms with Gasteiger partial charge < -0.3 is 0 Å². The van der Waals surface area contributed by atoms with Crippen molar-refractivity contribution in [1.29, 1.82) is 0 Å². The van der Waals surface area contributed by atoms with Crippen LogP contribution >= 0.6 is 0 Å². The van der Waals surface area contributed by atoms with Crippen LogP contribution in [0.1, 0.15) is 27.0 Å². The Kier molecular flexibility index (Phi) is 5.49. The van der Waals surface area contributed by atoms with Crippen LogP contribution in [0.2, 0.25) is 0 Å². The number of hydrogen-bond donors (Lipinski definition) is 0. The number of carbonyl (C=O) groups excluding carboxylic acids is 1. The van der Waals surface area contributed by atoms with Gasteiger partial charge in [0.15, 0.2) is 0 Å². The van der Waals surface area contributed by atoms with E-state index in [4.69, 9.17) is 0 Å². The van der Waals surface area contributed by atoms with E-state index in [1.807, 2.05) is 43.3 Å². The summed E-state index contributed by atoms with van der Waals surface area (Å²) in [6.45, 7) is 1.90. The third-order valence-electron chi connectivity index (χ3n) is 3.79. The number of aromatic nitrogens is 1. The highest BCUT2D eigenvalue weighted by Gasteiger charge is 2.12. The lowest BCUT2D eigenvalue weighted by Crippen LogP contribution is -2.04. The van der Waals surface area contributed by atoms with E-state index in [0.717, 1.165) is 11.1 Å². The monoisotopic (exact) mass is 374 g/mol. The number of amides is 1. The molecule has 1 unspecified atom stereocenters. The van der Waals surface area contributed by atoms with Gasteiger partial charge >= 0.3 is 0 Å². The second-order valence-electron chi connectivity index (χ2n) is 6.09. The fraction of sp³-hybridized carbons (Fsp3) is 0.0909. The molecule has 27 heavy (non-hydrogen) atoms. The lowest BCUT2D eigenvalue weighted by Gasteiger charge is -2.05. The lowest BCUT2D eigenvalue weighted by atomic mass is 10.2. The van der Waals surface area contributed by atoms with Gasteiger partial charge in [-0.15, -0.1) is 0 Å². The highest BCUT2D eigenvalue weighted by Crippen LogP contribution is 2.15. The zero-order valence-corrected chi connectivity index (χ0v) is 15.9. The minimum Gasteiger partial charge on any atom is -0.266 e. The van der Waals surface area contributed by atoms with Crippen molar-refractivity contribution in [2.45, 2.75) is 11.8 Å². The molecule has 0 saturated heterocycles. The fourth-order valence-electron chi connectivity index (χ4n) is 2.41. The van der Waals surface area contributed by atoms with Crippen LogP contribution in [0.4, 0.5) is 0 Å². The highest BCUT2D eigenvalue weighted by atomic mass is 32.2. The van der Waals surface area contributed by atoms with Crippen molar-refractivity contribution in [3.05, 3.63) is 95.3 Å². The van der Waals surface area contributed by atoms with Crippen LogP contribution in [0.25, 0.3) is 0 Å². The molecular weight excluding hydrogens is 356 g/mol. The van der Waals surface area contributed by atoms with E-state index < -0.39 is 15.6 Å². The van der Waals surface area contributed by atoms with Crippen molar-refractivity contribution >= 4 is 15.6 Å². The van der Waals surface area contributed by atoms with Gasteiger partial charge in [-0.1, -0.05) is 42.2 Å². The summed E-state index contributed by atoms with van der Waals surface area (Å²) in [5.41, 5.74) is 2.69. The largest absolute Gasteiger partial charge is 0.286 e. The lowest BCUT2D eigenvalue weighted by molar-refractivity contribution is 0.100. The molecule has 0 saturated carbocycles. The molecule has 1 aromatic heterocycles. The van der Waals surface area contributed by atoms with Gasteiger partial charge in [0.05, 0.1) is 15.3 Å². The van der Waals surface area contributed by atoms with E-state index >= 15 is 0 Å². The molecule has 1 heterocycles. The fourth-order valence-corrected chi connectivity index (χ4v) is 3.67. The molecule has 1 amide bonds. The van der Waals surface area contributed by atoms with Crippen LogP contribution in [-0.2, 0) is 9.73 Å². The maximum absolute atomic E-state index is 12.9. The first-order chi connectivity index (χ1) is 12.9. The Labute approximate surface area is 159 Å². The quantitative estimate of drug-likeness (QED) is 0.635. The van der Waals surface area contributed by atoms with Gasteiger partial charge in [-0.05, 0) is 42.8 Å². The van der Waals surface area contributed by atoms with E-state index in [1.165, 1.54) is 12.5 Å². The predicted octanol–water partition coefficient (Wildman–Crippen LogP) is 4.09. The molecule has 0 spiro atoms. The van der Waals surface area contributed by atoms with Gasteiger partial charge in [0.25, 0.3) is 5.91 Å². The van der Waals surface area contributed by atoms with E-state index in [2.05, 4.69) is 21.2 Å². The molecule has 0 fully saturated rings. The maximum Gasteiger partial charge on any atom is 0.286 e. The standard InChI is InChI=1S/C22H18N2O2S/c1-17-7-6-10-21(13-17)27(2,26)24-22(25)20-14-19(15-23-16-20)12-11-18-8-4-3-5-9-18/h3-10,13-16H,1-2H3. The molecule has 0 aliphatic rings.